The smallest absolute Gasteiger partial charge is 0.116 e. The summed E-state index contributed by atoms with van der Waals surface area (Å²) in [5, 5.41) is 22.3. The van der Waals surface area contributed by atoms with E-state index < -0.39 is 0 Å². The number of nitrogens with zero attached hydrogens (tertiary/aromatic N) is 4. The highest BCUT2D eigenvalue weighted by molar-refractivity contribution is 5.98. The molecule has 0 fully saturated rings. The summed E-state index contributed by atoms with van der Waals surface area (Å²) in [4.78, 5) is 0. The first-order chi connectivity index (χ1) is 19.5. The Morgan fingerprint density at radius 3 is 1.30 bits per heavy atom. The normalized spacial score (nSPS) is 11.8. The van der Waals surface area contributed by atoms with E-state index in [1.165, 1.54) is 0 Å². The quantitative estimate of drug-likeness (QED) is 0.174. The third-order valence-electron chi connectivity index (χ3n) is 7.11. The van der Waals surface area contributed by atoms with Crippen LogP contribution in [-0.2, 0) is 0 Å². The van der Waals surface area contributed by atoms with E-state index in [-0.39, 0.29) is 0 Å². The molecule has 0 atom stereocenters. The molecule has 0 unspecified atom stereocenters. The SMILES string of the molecule is Cc1cc(-c2ccc(N=Nc3c(N)ccc4ccccc34)c(C)c2)ccc1N=Nc1c(N)ccc2ccccc12. The Labute approximate surface area is 232 Å². The van der Waals surface area contributed by atoms with Gasteiger partial charge in [0.25, 0.3) is 0 Å². The van der Waals surface area contributed by atoms with E-state index in [1.54, 1.807) is 0 Å². The lowest BCUT2D eigenvalue weighted by Crippen LogP contribution is -1.86. The van der Waals surface area contributed by atoms with Gasteiger partial charge < -0.3 is 11.5 Å². The van der Waals surface area contributed by atoms with Crippen molar-refractivity contribution in [1.82, 2.24) is 0 Å². The average molecular weight is 521 g/mol. The van der Waals surface area contributed by atoms with Crippen LogP contribution in [0, 0.1) is 13.8 Å². The fourth-order valence-electron chi connectivity index (χ4n) is 4.87. The van der Waals surface area contributed by atoms with E-state index in [0.717, 1.165) is 55.2 Å². The van der Waals surface area contributed by atoms with Crippen LogP contribution in [0.2, 0.25) is 0 Å². The van der Waals surface area contributed by atoms with Crippen LogP contribution in [0.15, 0.2) is 130 Å². The van der Waals surface area contributed by atoms with Crippen molar-refractivity contribution in [3.8, 4) is 11.1 Å². The molecule has 0 spiro atoms. The summed E-state index contributed by atoms with van der Waals surface area (Å²) < 4.78 is 0. The Bertz CT molecular complexity index is 1810. The van der Waals surface area contributed by atoms with Gasteiger partial charge >= 0.3 is 0 Å². The number of benzene rings is 6. The summed E-state index contributed by atoms with van der Waals surface area (Å²) in [6.45, 7) is 4.07. The van der Waals surface area contributed by atoms with Gasteiger partial charge in [-0.2, -0.15) is 10.2 Å². The molecule has 0 aromatic heterocycles. The summed E-state index contributed by atoms with van der Waals surface area (Å²) in [6, 6.07) is 36.1. The van der Waals surface area contributed by atoms with Crippen molar-refractivity contribution >= 4 is 55.7 Å². The van der Waals surface area contributed by atoms with Crippen molar-refractivity contribution in [2.24, 2.45) is 20.5 Å². The molecule has 0 amide bonds. The minimum Gasteiger partial charge on any atom is -0.397 e. The van der Waals surface area contributed by atoms with Crippen molar-refractivity contribution in [3.63, 3.8) is 0 Å². The van der Waals surface area contributed by atoms with Crippen molar-refractivity contribution in [3.05, 3.63) is 120 Å². The van der Waals surface area contributed by atoms with Crippen LogP contribution >= 0.6 is 0 Å². The molecule has 6 aromatic carbocycles. The summed E-state index contributed by atoms with van der Waals surface area (Å²) in [6.07, 6.45) is 0. The zero-order valence-corrected chi connectivity index (χ0v) is 22.3. The maximum Gasteiger partial charge on any atom is 0.116 e. The Hall–Kier alpha value is -5.36. The summed E-state index contributed by atoms with van der Waals surface area (Å²) in [5.41, 5.74) is 20.9. The molecular weight excluding hydrogens is 492 g/mol. The second-order valence-corrected chi connectivity index (χ2v) is 9.85. The van der Waals surface area contributed by atoms with Crippen LogP contribution < -0.4 is 11.5 Å². The van der Waals surface area contributed by atoms with Gasteiger partial charge in [-0.3, -0.25) is 0 Å². The number of nitrogens with two attached hydrogens (primary N) is 2. The van der Waals surface area contributed by atoms with E-state index in [9.17, 15) is 0 Å². The van der Waals surface area contributed by atoms with Crippen molar-refractivity contribution in [2.75, 3.05) is 11.5 Å². The van der Waals surface area contributed by atoms with Crippen molar-refractivity contribution < 1.29 is 0 Å². The number of nitrogen functional groups attached to an aromatic ring is 2. The predicted molar refractivity (Wildman–Crippen MR) is 166 cm³/mol. The lowest BCUT2D eigenvalue weighted by molar-refractivity contribution is 1.21. The van der Waals surface area contributed by atoms with Crippen LogP contribution in [-0.4, -0.2) is 0 Å². The molecule has 0 aliphatic rings. The Balaban J connectivity index is 1.26. The number of hydrogen-bond donors (Lipinski definition) is 2. The van der Waals surface area contributed by atoms with Gasteiger partial charge in [0.2, 0.25) is 0 Å². The molecular formula is C34H28N6. The maximum absolute atomic E-state index is 6.23. The fraction of sp³-hybridized carbons (Fsp3) is 0.0588. The molecule has 6 heteroatoms. The van der Waals surface area contributed by atoms with E-state index >= 15 is 0 Å². The Morgan fingerprint density at radius 1 is 0.450 bits per heavy atom. The van der Waals surface area contributed by atoms with Gasteiger partial charge in [-0.05, 0) is 83.3 Å². The lowest BCUT2D eigenvalue weighted by atomic mass is 10.0. The Kier molecular flexibility index (Phi) is 6.50. The number of fused-ring (bicyclic) bond motifs is 2. The molecule has 0 saturated carbocycles. The van der Waals surface area contributed by atoms with Gasteiger partial charge in [-0.1, -0.05) is 72.8 Å². The molecule has 0 aliphatic carbocycles. The van der Waals surface area contributed by atoms with Gasteiger partial charge in [-0.25, -0.2) is 0 Å². The van der Waals surface area contributed by atoms with Gasteiger partial charge in [0, 0.05) is 10.8 Å². The molecule has 0 radical (unpaired) electrons. The molecule has 40 heavy (non-hydrogen) atoms. The standard InChI is InChI=1S/C34H28N6/c1-21-19-25(13-17-31(21)37-39-33-27-9-5-3-7-23(27)11-15-29(33)35)26-14-18-32(22(2)20-26)38-40-34-28-10-6-4-8-24(28)12-16-30(34)36/h3-20H,35-36H2,1-2H3. The molecule has 4 N–H and O–H groups in total. The molecule has 6 aromatic rings. The molecule has 194 valence electrons. The van der Waals surface area contributed by atoms with Gasteiger partial charge in [-0.15, -0.1) is 10.2 Å². The van der Waals surface area contributed by atoms with Gasteiger partial charge in [0.15, 0.2) is 0 Å². The number of azo groups is 2. The fourth-order valence-corrected chi connectivity index (χ4v) is 4.87. The van der Waals surface area contributed by atoms with Crippen molar-refractivity contribution in [2.45, 2.75) is 13.8 Å². The van der Waals surface area contributed by atoms with Crippen LogP contribution in [0.3, 0.4) is 0 Å². The van der Waals surface area contributed by atoms with E-state index in [4.69, 9.17) is 11.5 Å². The van der Waals surface area contributed by atoms with Crippen LogP contribution in [0.4, 0.5) is 34.1 Å². The second kappa shape index (κ2) is 10.4. The molecule has 6 rings (SSSR count). The molecule has 0 saturated heterocycles. The third-order valence-corrected chi connectivity index (χ3v) is 7.11. The summed E-state index contributed by atoms with van der Waals surface area (Å²) in [5.74, 6) is 0. The monoisotopic (exact) mass is 520 g/mol. The molecule has 0 aliphatic heterocycles. The minimum absolute atomic E-state index is 0.604. The zero-order chi connectivity index (χ0) is 27.6. The zero-order valence-electron chi connectivity index (χ0n) is 22.3. The summed E-state index contributed by atoms with van der Waals surface area (Å²) >= 11 is 0. The molecule has 0 bridgehead atoms. The first-order valence-corrected chi connectivity index (χ1v) is 13.1. The van der Waals surface area contributed by atoms with Gasteiger partial charge in [0.05, 0.1) is 22.7 Å². The second-order valence-electron chi connectivity index (χ2n) is 9.85. The highest BCUT2D eigenvalue weighted by Gasteiger charge is 2.08. The molecule has 6 nitrogen and oxygen atoms in total. The number of aryl methyl sites for hydroxylation is 2. The average Bonchev–Trinajstić information content (AvgIpc) is 2.97. The van der Waals surface area contributed by atoms with Crippen LogP contribution in [0.1, 0.15) is 11.1 Å². The van der Waals surface area contributed by atoms with Crippen LogP contribution in [0.25, 0.3) is 32.7 Å². The van der Waals surface area contributed by atoms with E-state index in [1.807, 2.05) is 98.8 Å². The number of anilines is 2. The highest BCUT2D eigenvalue weighted by Crippen LogP contribution is 2.36. The highest BCUT2D eigenvalue weighted by atomic mass is 15.1. The van der Waals surface area contributed by atoms with Crippen LogP contribution in [0.5, 0.6) is 0 Å². The lowest BCUT2D eigenvalue weighted by Gasteiger charge is -2.09. The number of rotatable bonds is 5. The number of hydrogen-bond acceptors (Lipinski definition) is 6. The molecule has 0 heterocycles. The van der Waals surface area contributed by atoms with E-state index in [0.29, 0.717) is 22.7 Å². The first kappa shape index (κ1) is 24.9. The van der Waals surface area contributed by atoms with Crippen molar-refractivity contribution in [1.29, 1.82) is 0 Å². The maximum atomic E-state index is 6.23. The summed E-state index contributed by atoms with van der Waals surface area (Å²) in [7, 11) is 0. The minimum atomic E-state index is 0.604. The Morgan fingerprint density at radius 2 is 0.875 bits per heavy atom. The van der Waals surface area contributed by atoms with Gasteiger partial charge in [0.1, 0.15) is 11.4 Å². The van der Waals surface area contributed by atoms with E-state index in [2.05, 4.69) is 44.7 Å². The third kappa shape index (κ3) is 4.78. The largest absolute Gasteiger partial charge is 0.397 e. The predicted octanol–water partition coefficient (Wildman–Crippen LogP) is 10.3. The topological polar surface area (TPSA) is 101 Å². The first-order valence-electron chi connectivity index (χ1n) is 13.1.